The average Bonchev–Trinajstić information content (AvgIpc) is 3.30. The maximum atomic E-state index is 12.7. The molecule has 3 aromatic rings. The monoisotopic (exact) mass is 400 g/mol. The van der Waals surface area contributed by atoms with Gasteiger partial charge in [0.25, 0.3) is 0 Å². The molecule has 0 aromatic carbocycles. The number of fused-ring (bicyclic) bond motifs is 1. The van der Waals surface area contributed by atoms with Crippen molar-refractivity contribution in [3.8, 4) is 0 Å². The molecule has 1 aliphatic heterocycles. The van der Waals surface area contributed by atoms with Gasteiger partial charge in [-0.25, -0.2) is 0 Å². The van der Waals surface area contributed by atoms with Gasteiger partial charge in [-0.2, -0.15) is 0 Å². The van der Waals surface area contributed by atoms with E-state index in [1.807, 2.05) is 24.3 Å². The van der Waals surface area contributed by atoms with Crippen LogP contribution in [0, 0.1) is 0 Å². The molecule has 128 valence electrons. The molecule has 0 aliphatic carbocycles. The number of carbonyl (C=O) groups excluding carboxylic acids is 1. The standard InChI is InChI=1S/C18H17BrN4O2/c19-12-9-14-17(21-10-12)15(5-6-20-14)23-7-1-4-16(23)18(24)22-11-13-3-2-8-25-13/h2-3,5-6,8-10,16H,1,4,7,11H2,(H,22,24). The first-order chi connectivity index (χ1) is 12.2. The number of nitrogens with one attached hydrogen (secondary N) is 1. The second-order valence-electron chi connectivity index (χ2n) is 6.00. The number of hydrogen-bond acceptors (Lipinski definition) is 5. The van der Waals surface area contributed by atoms with Gasteiger partial charge < -0.3 is 14.6 Å². The summed E-state index contributed by atoms with van der Waals surface area (Å²) in [5, 5.41) is 2.97. The number of furan rings is 1. The van der Waals surface area contributed by atoms with Crippen LogP contribution in [-0.4, -0.2) is 28.5 Å². The van der Waals surface area contributed by atoms with Gasteiger partial charge in [0.15, 0.2) is 0 Å². The van der Waals surface area contributed by atoms with Gasteiger partial charge in [-0.15, -0.1) is 0 Å². The van der Waals surface area contributed by atoms with Crippen LogP contribution in [0.2, 0.25) is 0 Å². The number of nitrogens with zero attached hydrogens (tertiary/aromatic N) is 3. The van der Waals surface area contributed by atoms with E-state index in [9.17, 15) is 4.79 Å². The van der Waals surface area contributed by atoms with Crippen LogP contribution < -0.4 is 10.2 Å². The summed E-state index contributed by atoms with van der Waals surface area (Å²) in [5.41, 5.74) is 2.58. The van der Waals surface area contributed by atoms with Gasteiger partial charge in [0.1, 0.15) is 17.3 Å². The first kappa shape index (κ1) is 16.1. The Labute approximate surface area is 153 Å². The summed E-state index contributed by atoms with van der Waals surface area (Å²) >= 11 is 3.43. The quantitative estimate of drug-likeness (QED) is 0.727. The topological polar surface area (TPSA) is 71.3 Å². The lowest BCUT2D eigenvalue weighted by molar-refractivity contribution is -0.122. The third kappa shape index (κ3) is 3.24. The van der Waals surface area contributed by atoms with Gasteiger partial charge >= 0.3 is 0 Å². The summed E-state index contributed by atoms with van der Waals surface area (Å²) in [5.74, 6) is 0.759. The molecular formula is C18H17BrN4O2. The molecule has 0 bridgehead atoms. The molecule has 1 saturated heterocycles. The van der Waals surface area contributed by atoms with Crippen molar-refractivity contribution in [1.82, 2.24) is 15.3 Å². The molecule has 3 aromatic heterocycles. The molecule has 1 unspecified atom stereocenters. The lowest BCUT2D eigenvalue weighted by Crippen LogP contribution is -2.43. The normalized spacial score (nSPS) is 17.2. The van der Waals surface area contributed by atoms with E-state index in [0.717, 1.165) is 46.3 Å². The van der Waals surface area contributed by atoms with Crippen LogP contribution in [0.25, 0.3) is 11.0 Å². The van der Waals surface area contributed by atoms with Crippen LogP contribution >= 0.6 is 15.9 Å². The number of pyridine rings is 2. The minimum atomic E-state index is -0.203. The minimum Gasteiger partial charge on any atom is -0.467 e. The van der Waals surface area contributed by atoms with Crippen LogP contribution in [0.4, 0.5) is 5.69 Å². The van der Waals surface area contributed by atoms with Crippen molar-refractivity contribution in [3.05, 3.63) is 53.2 Å². The van der Waals surface area contributed by atoms with Crippen molar-refractivity contribution in [3.63, 3.8) is 0 Å². The summed E-state index contributed by atoms with van der Waals surface area (Å²) in [7, 11) is 0. The second kappa shape index (κ2) is 6.84. The molecule has 6 nitrogen and oxygen atoms in total. The molecule has 0 saturated carbocycles. The first-order valence-corrected chi connectivity index (χ1v) is 8.98. The number of anilines is 1. The number of amides is 1. The lowest BCUT2D eigenvalue weighted by Gasteiger charge is -2.26. The molecule has 0 radical (unpaired) electrons. The third-order valence-corrected chi connectivity index (χ3v) is 4.84. The maximum Gasteiger partial charge on any atom is 0.243 e. The average molecular weight is 401 g/mol. The molecule has 1 fully saturated rings. The van der Waals surface area contributed by atoms with Gasteiger partial charge in [-0.3, -0.25) is 14.8 Å². The van der Waals surface area contributed by atoms with Crippen molar-refractivity contribution in [2.24, 2.45) is 0 Å². The highest BCUT2D eigenvalue weighted by Gasteiger charge is 2.32. The lowest BCUT2D eigenvalue weighted by atomic mass is 10.2. The summed E-state index contributed by atoms with van der Waals surface area (Å²) in [4.78, 5) is 23.7. The zero-order valence-electron chi connectivity index (χ0n) is 13.5. The minimum absolute atomic E-state index is 0.0102. The summed E-state index contributed by atoms with van der Waals surface area (Å²) < 4.78 is 6.16. The van der Waals surface area contributed by atoms with Crippen molar-refractivity contribution in [1.29, 1.82) is 0 Å². The van der Waals surface area contributed by atoms with Crippen molar-refractivity contribution in [2.75, 3.05) is 11.4 Å². The van der Waals surface area contributed by atoms with Crippen LogP contribution in [-0.2, 0) is 11.3 Å². The van der Waals surface area contributed by atoms with E-state index in [-0.39, 0.29) is 11.9 Å². The molecule has 1 N–H and O–H groups in total. The molecule has 4 heterocycles. The number of halogens is 1. The Hall–Kier alpha value is -2.41. The summed E-state index contributed by atoms with van der Waals surface area (Å²) in [6.45, 7) is 1.23. The predicted octanol–water partition coefficient (Wildman–Crippen LogP) is 3.27. The fourth-order valence-corrected chi connectivity index (χ4v) is 3.58. The van der Waals surface area contributed by atoms with Crippen molar-refractivity contribution in [2.45, 2.75) is 25.4 Å². The van der Waals surface area contributed by atoms with Gasteiger partial charge in [0, 0.05) is 23.4 Å². The van der Waals surface area contributed by atoms with Crippen LogP contribution in [0.5, 0.6) is 0 Å². The third-order valence-electron chi connectivity index (χ3n) is 4.40. The van der Waals surface area contributed by atoms with Crippen LogP contribution in [0.1, 0.15) is 18.6 Å². The zero-order chi connectivity index (χ0) is 17.2. The Bertz CT molecular complexity index is 897. The molecule has 25 heavy (non-hydrogen) atoms. The first-order valence-electron chi connectivity index (χ1n) is 8.19. The van der Waals surface area contributed by atoms with E-state index in [0.29, 0.717) is 6.54 Å². The fraction of sp³-hybridized carbons (Fsp3) is 0.278. The Morgan fingerprint density at radius 2 is 2.32 bits per heavy atom. The van der Waals surface area contributed by atoms with Crippen molar-refractivity contribution >= 4 is 38.6 Å². The Balaban J connectivity index is 1.58. The van der Waals surface area contributed by atoms with E-state index in [4.69, 9.17) is 4.42 Å². The summed E-state index contributed by atoms with van der Waals surface area (Å²) in [6, 6.07) is 7.34. The van der Waals surface area contributed by atoms with E-state index < -0.39 is 0 Å². The fourth-order valence-electron chi connectivity index (χ4n) is 3.26. The second-order valence-corrected chi connectivity index (χ2v) is 6.92. The van der Waals surface area contributed by atoms with E-state index in [1.165, 1.54) is 0 Å². The molecule has 7 heteroatoms. The van der Waals surface area contributed by atoms with Gasteiger partial charge in [-0.05, 0) is 53.0 Å². The van der Waals surface area contributed by atoms with Gasteiger partial charge in [0.2, 0.25) is 5.91 Å². The Kier molecular flexibility index (Phi) is 4.40. The highest BCUT2D eigenvalue weighted by Crippen LogP contribution is 2.31. The molecule has 4 rings (SSSR count). The summed E-state index contributed by atoms with van der Waals surface area (Å²) in [6.07, 6.45) is 6.93. The smallest absolute Gasteiger partial charge is 0.243 e. The highest BCUT2D eigenvalue weighted by molar-refractivity contribution is 9.10. The Morgan fingerprint density at radius 1 is 1.40 bits per heavy atom. The molecular weight excluding hydrogens is 384 g/mol. The molecule has 1 atom stereocenters. The van der Waals surface area contributed by atoms with Crippen LogP contribution in [0.3, 0.4) is 0 Å². The number of carbonyl (C=O) groups is 1. The van der Waals surface area contributed by atoms with Gasteiger partial charge in [-0.1, -0.05) is 0 Å². The SMILES string of the molecule is O=C(NCc1ccco1)C1CCCN1c1ccnc2cc(Br)cnc12. The number of rotatable bonds is 4. The van der Waals surface area contributed by atoms with Gasteiger partial charge in [0.05, 0.1) is 24.0 Å². The van der Waals surface area contributed by atoms with Crippen LogP contribution in [0.15, 0.2) is 51.8 Å². The van der Waals surface area contributed by atoms with E-state index in [2.05, 4.69) is 36.1 Å². The predicted molar refractivity (Wildman–Crippen MR) is 98.2 cm³/mol. The zero-order valence-corrected chi connectivity index (χ0v) is 15.1. The molecule has 1 aliphatic rings. The Morgan fingerprint density at radius 3 is 3.16 bits per heavy atom. The van der Waals surface area contributed by atoms with E-state index in [1.54, 1.807) is 18.7 Å². The van der Waals surface area contributed by atoms with E-state index >= 15 is 0 Å². The largest absolute Gasteiger partial charge is 0.467 e. The highest BCUT2D eigenvalue weighted by atomic mass is 79.9. The molecule has 0 spiro atoms. The molecule has 1 amide bonds. The number of aromatic nitrogens is 2. The number of hydrogen-bond donors (Lipinski definition) is 1. The maximum absolute atomic E-state index is 12.7. The van der Waals surface area contributed by atoms with Crippen molar-refractivity contribution < 1.29 is 9.21 Å².